The van der Waals surface area contributed by atoms with E-state index in [0.717, 1.165) is 12.8 Å². The molecule has 74 valence electrons. The average Bonchev–Trinajstić information content (AvgIpc) is 2.64. The van der Waals surface area contributed by atoms with Gasteiger partial charge in [-0.2, -0.15) is 0 Å². The molecule has 0 fully saturated rings. The zero-order valence-corrected chi connectivity index (χ0v) is 8.46. The molecule has 0 aliphatic carbocycles. The van der Waals surface area contributed by atoms with E-state index in [4.69, 9.17) is 5.73 Å². The van der Waals surface area contributed by atoms with Gasteiger partial charge in [0.15, 0.2) is 0 Å². The summed E-state index contributed by atoms with van der Waals surface area (Å²) in [6, 6.07) is 8.64. The summed E-state index contributed by atoms with van der Waals surface area (Å²) < 4.78 is 0. The maximum absolute atomic E-state index is 6.05. The molecular weight excluding hydrogens is 172 g/mol. The zero-order valence-electron chi connectivity index (χ0n) is 8.46. The minimum atomic E-state index is 0.174. The maximum Gasteiger partial charge on any atom is 0.0457 e. The summed E-state index contributed by atoms with van der Waals surface area (Å²) in [6.07, 6.45) is 4.13. The Bertz CT molecular complexity index is 417. The summed E-state index contributed by atoms with van der Waals surface area (Å²) >= 11 is 0. The van der Waals surface area contributed by atoms with Crippen LogP contribution in [0.5, 0.6) is 0 Å². The first-order valence-electron chi connectivity index (χ1n) is 5.14. The van der Waals surface area contributed by atoms with Gasteiger partial charge in [0.2, 0.25) is 0 Å². The van der Waals surface area contributed by atoms with Crippen LogP contribution in [0.4, 0.5) is 0 Å². The highest BCUT2D eigenvalue weighted by Crippen LogP contribution is 2.20. The third-order valence-corrected chi connectivity index (χ3v) is 2.61. The Morgan fingerprint density at radius 1 is 1.36 bits per heavy atom. The quantitative estimate of drug-likeness (QED) is 0.764. The Morgan fingerprint density at radius 3 is 3.00 bits per heavy atom. The van der Waals surface area contributed by atoms with Crippen LogP contribution in [0.2, 0.25) is 0 Å². The van der Waals surface area contributed by atoms with Gasteiger partial charge >= 0.3 is 0 Å². The Kier molecular flexibility index (Phi) is 2.55. The van der Waals surface area contributed by atoms with Gasteiger partial charge in [-0.1, -0.05) is 25.5 Å². The molecule has 1 aromatic carbocycles. The molecular formula is C12H16N2. The van der Waals surface area contributed by atoms with E-state index in [2.05, 4.69) is 36.2 Å². The molecule has 2 nitrogen and oxygen atoms in total. The number of nitrogens with one attached hydrogen (secondary N) is 1. The van der Waals surface area contributed by atoms with Gasteiger partial charge in [0, 0.05) is 17.8 Å². The molecule has 0 spiro atoms. The summed E-state index contributed by atoms with van der Waals surface area (Å²) in [4.78, 5) is 3.20. The molecule has 2 heteroatoms. The Hall–Kier alpha value is -1.28. The van der Waals surface area contributed by atoms with E-state index >= 15 is 0 Å². The van der Waals surface area contributed by atoms with Crippen LogP contribution in [0.15, 0.2) is 30.5 Å². The van der Waals surface area contributed by atoms with Crippen molar-refractivity contribution in [3.05, 3.63) is 36.0 Å². The number of rotatable bonds is 3. The van der Waals surface area contributed by atoms with Gasteiger partial charge in [0.25, 0.3) is 0 Å². The summed E-state index contributed by atoms with van der Waals surface area (Å²) in [5.74, 6) is 0. The van der Waals surface area contributed by atoms with Crippen LogP contribution in [0.3, 0.4) is 0 Å². The fraction of sp³-hybridized carbons (Fsp3) is 0.333. The lowest BCUT2D eigenvalue weighted by atomic mass is 10.0. The molecule has 3 N–H and O–H groups in total. The predicted octanol–water partition coefficient (Wildman–Crippen LogP) is 2.97. The summed E-state index contributed by atoms with van der Waals surface area (Å²) in [6.45, 7) is 2.16. The lowest BCUT2D eigenvalue weighted by Gasteiger charge is -2.10. The van der Waals surface area contributed by atoms with Crippen molar-refractivity contribution in [2.24, 2.45) is 5.73 Å². The van der Waals surface area contributed by atoms with E-state index < -0.39 is 0 Å². The number of benzene rings is 1. The van der Waals surface area contributed by atoms with Gasteiger partial charge in [-0.25, -0.2) is 0 Å². The fourth-order valence-corrected chi connectivity index (χ4v) is 1.77. The molecule has 0 aliphatic heterocycles. The van der Waals surface area contributed by atoms with Crippen LogP contribution in [0.1, 0.15) is 31.4 Å². The standard InChI is InChI=1S/C12H16N2/c1-2-3-11(13)10-5-4-9-6-7-14-12(9)8-10/h4-8,11,14H,2-3,13H2,1H3. The van der Waals surface area contributed by atoms with Crippen molar-refractivity contribution in [3.8, 4) is 0 Å². The molecule has 0 saturated heterocycles. The van der Waals surface area contributed by atoms with Crippen molar-refractivity contribution >= 4 is 10.9 Å². The van der Waals surface area contributed by atoms with E-state index in [-0.39, 0.29) is 6.04 Å². The Labute approximate surface area is 84.1 Å². The van der Waals surface area contributed by atoms with Gasteiger partial charge in [-0.15, -0.1) is 0 Å². The third-order valence-electron chi connectivity index (χ3n) is 2.61. The van der Waals surface area contributed by atoms with Gasteiger partial charge in [-0.3, -0.25) is 0 Å². The highest BCUT2D eigenvalue weighted by molar-refractivity contribution is 5.79. The molecule has 0 radical (unpaired) electrons. The number of H-pyrrole nitrogens is 1. The van der Waals surface area contributed by atoms with Crippen molar-refractivity contribution in [2.75, 3.05) is 0 Å². The maximum atomic E-state index is 6.05. The number of aromatic amines is 1. The number of aromatic nitrogens is 1. The molecule has 0 aliphatic rings. The molecule has 1 unspecified atom stereocenters. The van der Waals surface area contributed by atoms with Crippen LogP contribution in [-0.4, -0.2) is 4.98 Å². The van der Waals surface area contributed by atoms with Crippen molar-refractivity contribution < 1.29 is 0 Å². The first-order chi connectivity index (χ1) is 6.81. The number of hydrogen-bond donors (Lipinski definition) is 2. The average molecular weight is 188 g/mol. The summed E-state index contributed by atoms with van der Waals surface area (Å²) in [7, 11) is 0. The van der Waals surface area contributed by atoms with E-state index in [1.54, 1.807) is 0 Å². The van der Waals surface area contributed by atoms with Crippen molar-refractivity contribution in [1.29, 1.82) is 0 Å². The second kappa shape index (κ2) is 3.84. The van der Waals surface area contributed by atoms with E-state index in [0.29, 0.717) is 0 Å². The topological polar surface area (TPSA) is 41.8 Å². The van der Waals surface area contributed by atoms with Crippen molar-refractivity contribution in [2.45, 2.75) is 25.8 Å². The Balaban J connectivity index is 2.33. The third kappa shape index (κ3) is 1.66. The molecule has 0 saturated carbocycles. The molecule has 14 heavy (non-hydrogen) atoms. The predicted molar refractivity (Wildman–Crippen MR) is 60.1 cm³/mol. The highest BCUT2D eigenvalue weighted by Gasteiger charge is 2.05. The van der Waals surface area contributed by atoms with Crippen molar-refractivity contribution in [1.82, 2.24) is 4.98 Å². The molecule has 2 aromatic rings. The van der Waals surface area contributed by atoms with Gasteiger partial charge in [-0.05, 0) is 29.5 Å². The zero-order chi connectivity index (χ0) is 9.97. The van der Waals surface area contributed by atoms with Crippen LogP contribution in [0.25, 0.3) is 10.9 Å². The molecule has 2 rings (SSSR count). The second-order valence-electron chi connectivity index (χ2n) is 3.72. The number of nitrogens with two attached hydrogens (primary N) is 1. The summed E-state index contributed by atoms with van der Waals surface area (Å²) in [5, 5.41) is 1.25. The monoisotopic (exact) mass is 188 g/mol. The summed E-state index contributed by atoms with van der Waals surface area (Å²) in [5.41, 5.74) is 8.45. The largest absolute Gasteiger partial charge is 0.361 e. The van der Waals surface area contributed by atoms with E-state index in [1.807, 2.05) is 6.20 Å². The number of hydrogen-bond acceptors (Lipinski definition) is 1. The molecule has 1 heterocycles. The fourth-order valence-electron chi connectivity index (χ4n) is 1.77. The lowest BCUT2D eigenvalue weighted by molar-refractivity contribution is 0.639. The molecule has 1 aromatic heterocycles. The molecule has 0 bridgehead atoms. The number of fused-ring (bicyclic) bond motifs is 1. The highest BCUT2D eigenvalue weighted by atomic mass is 14.7. The van der Waals surface area contributed by atoms with Gasteiger partial charge in [0.05, 0.1) is 0 Å². The van der Waals surface area contributed by atoms with E-state index in [1.165, 1.54) is 16.5 Å². The lowest BCUT2D eigenvalue weighted by Crippen LogP contribution is -2.09. The van der Waals surface area contributed by atoms with Crippen molar-refractivity contribution in [3.63, 3.8) is 0 Å². The normalized spacial score (nSPS) is 13.3. The van der Waals surface area contributed by atoms with Crippen LogP contribution < -0.4 is 5.73 Å². The minimum absolute atomic E-state index is 0.174. The minimum Gasteiger partial charge on any atom is -0.361 e. The SMILES string of the molecule is CCCC(N)c1ccc2cc[nH]c2c1. The van der Waals surface area contributed by atoms with Crippen LogP contribution in [-0.2, 0) is 0 Å². The van der Waals surface area contributed by atoms with E-state index in [9.17, 15) is 0 Å². The Morgan fingerprint density at radius 2 is 2.21 bits per heavy atom. The van der Waals surface area contributed by atoms with Gasteiger partial charge < -0.3 is 10.7 Å². The van der Waals surface area contributed by atoms with Crippen LogP contribution in [0, 0.1) is 0 Å². The smallest absolute Gasteiger partial charge is 0.0457 e. The second-order valence-corrected chi connectivity index (χ2v) is 3.72. The first kappa shape index (κ1) is 9.28. The van der Waals surface area contributed by atoms with Gasteiger partial charge in [0.1, 0.15) is 0 Å². The first-order valence-corrected chi connectivity index (χ1v) is 5.14. The van der Waals surface area contributed by atoms with Crippen LogP contribution >= 0.6 is 0 Å². The molecule has 0 amide bonds. The molecule has 1 atom stereocenters.